The smallest absolute Gasteiger partial charge is 0.256 e. The summed E-state index contributed by atoms with van der Waals surface area (Å²) in [4.78, 5) is 0. The van der Waals surface area contributed by atoms with Crippen LogP contribution in [0.2, 0.25) is 10.0 Å². The highest BCUT2D eigenvalue weighted by atomic mass is 35.5. The lowest BCUT2D eigenvalue weighted by molar-refractivity contribution is 0.601. The third kappa shape index (κ3) is 4.59. The van der Waals surface area contributed by atoms with Crippen LogP contribution < -0.4 is 4.72 Å². The molecule has 0 amide bonds. The SMILES string of the molecule is N=C(NS(=O)(=O)/C=C/c1ccccc1)c1ccc(Cl)c(Cl)c1. The van der Waals surface area contributed by atoms with Gasteiger partial charge in [-0.2, -0.15) is 0 Å². The van der Waals surface area contributed by atoms with E-state index in [1.807, 2.05) is 6.07 Å². The molecule has 2 aromatic carbocycles. The summed E-state index contributed by atoms with van der Waals surface area (Å²) in [6, 6.07) is 13.4. The van der Waals surface area contributed by atoms with Gasteiger partial charge >= 0.3 is 0 Å². The predicted molar refractivity (Wildman–Crippen MR) is 90.8 cm³/mol. The minimum Gasteiger partial charge on any atom is -0.283 e. The Morgan fingerprint density at radius 2 is 1.73 bits per heavy atom. The molecule has 0 spiro atoms. The Labute approximate surface area is 138 Å². The average Bonchev–Trinajstić information content (AvgIpc) is 2.49. The van der Waals surface area contributed by atoms with E-state index in [1.165, 1.54) is 24.3 Å². The lowest BCUT2D eigenvalue weighted by Crippen LogP contribution is -2.28. The molecule has 22 heavy (non-hydrogen) atoms. The van der Waals surface area contributed by atoms with Crippen LogP contribution in [0.1, 0.15) is 11.1 Å². The predicted octanol–water partition coefficient (Wildman–Crippen LogP) is 3.91. The molecule has 2 rings (SSSR count). The van der Waals surface area contributed by atoms with E-state index in [1.54, 1.807) is 24.3 Å². The number of sulfonamides is 1. The van der Waals surface area contributed by atoms with Crippen LogP contribution in [0.5, 0.6) is 0 Å². The molecule has 0 fully saturated rings. The summed E-state index contributed by atoms with van der Waals surface area (Å²) in [6.07, 6.45) is 1.45. The Kier molecular flexibility index (Phi) is 5.24. The highest BCUT2D eigenvalue weighted by Crippen LogP contribution is 2.22. The zero-order chi connectivity index (χ0) is 16.2. The number of rotatable bonds is 4. The van der Waals surface area contributed by atoms with Crippen LogP contribution in [0.15, 0.2) is 53.9 Å². The van der Waals surface area contributed by atoms with Gasteiger partial charge in [0.25, 0.3) is 10.0 Å². The first-order valence-corrected chi connectivity index (χ1v) is 8.47. The van der Waals surface area contributed by atoms with Crippen LogP contribution in [0.4, 0.5) is 0 Å². The maximum absolute atomic E-state index is 11.9. The first-order chi connectivity index (χ1) is 10.4. The van der Waals surface area contributed by atoms with Crippen molar-refractivity contribution in [2.75, 3.05) is 0 Å². The fourth-order valence-corrected chi connectivity index (χ4v) is 2.72. The van der Waals surface area contributed by atoms with Crippen molar-refractivity contribution >= 4 is 45.1 Å². The van der Waals surface area contributed by atoms with Gasteiger partial charge in [-0.15, -0.1) is 0 Å². The molecular weight excluding hydrogens is 343 g/mol. The first kappa shape index (κ1) is 16.5. The molecule has 0 heterocycles. The van der Waals surface area contributed by atoms with Crippen molar-refractivity contribution in [3.63, 3.8) is 0 Å². The van der Waals surface area contributed by atoms with E-state index in [9.17, 15) is 8.42 Å². The van der Waals surface area contributed by atoms with E-state index >= 15 is 0 Å². The van der Waals surface area contributed by atoms with Crippen LogP contribution in [0, 0.1) is 5.41 Å². The second-order valence-corrected chi connectivity index (χ2v) is 6.75. The molecule has 0 saturated carbocycles. The normalized spacial score (nSPS) is 11.5. The quantitative estimate of drug-likeness (QED) is 0.645. The molecule has 4 nitrogen and oxygen atoms in total. The summed E-state index contributed by atoms with van der Waals surface area (Å²) in [7, 11) is -3.78. The lowest BCUT2D eigenvalue weighted by Gasteiger charge is -2.07. The van der Waals surface area contributed by atoms with Crippen molar-refractivity contribution in [2.45, 2.75) is 0 Å². The fourth-order valence-electron chi connectivity index (χ4n) is 1.62. The van der Waals surface area contributed by atoms with E-state index < -0.39 is 10.0 Å². The van der Waals surface area contributed by atoms with Crippen LogP contribution in [-0.2, 0) is 10.0 Å². The van der Waals surface area contributed by atoms with Crippen molar-refractivity contribution in [1.29, 1.82) is 5.41 Å². The number of hydrogen-bond donors (Lipinski definition) is 2. The van der Waals surface area contributed by atoms with Gasteiger partial charge in [0.2, 0.25) is 0 Å². The number of nitrogens with one attached hydrogen (secondary N) is 2. The second kappa shape index (κ2) is 6.96. The maximum atomic E-state index is 11.9. The van der Waals surface area contributed by atoms with Crippen molar-refractivity contribution in [3.8, 4) is 0 Å². The molecule has 0 atom stereocenters. The van der Waals surface area contributed by atoms with E-state index in [0.29, 0.717) is 10.6 Å². The van der Waals surface area contributed by atoms with Crippen LogP contribution >= 0.6 is 23.2 Å². The Morgan fingerprint density at radius 3 is 2.36 bits per heavy atom. The summed E-state index contributed by atoms with van der Waals surface area (Å²) in [5.41, 5.74) is 1.07. The van der Waals surface area contributed by atoms with Crippen LogP contribution in [0.3, 0.4) is 0 Å². The summed E-state index contributed by atoms with van der Waals surface area (Å²) in [5.74, 6) is -0.281. The molecule has 2 N–H and O–H groups in total. The Hall–Kier alpha value is -1.82. The molecule has 0 saturated heterocycles. The van der Waals surface area contributed by atoms with Gasteiger partial charge in [0.15, 0.2) is 0 Å². The summed E-state index contributed by atoms with van der Waals surface area (Å²) < 4.78 is 26.0. The van der Waals surface area contributed by atoms with Crippen molar-refractivity contribution in [2.24, 2.45) is 0 Å². The minimum absolute atomic E-state index is 0.253. The lowest BCUT2D eigenvalue weighted by atomic mass is 10.2. The van der Waals surface area contributed by atoms with Gasteiger partial charge in [-0.1, -0.05) is 53.5 Å². The molecule has 0 aliphatic rings. The summed E-state index contributed by atoms with van der Waals surface area (Å²) in [6.45, 7) is 0. The fraction of sp³-hybridized carbons (Fsp3) is 0. The van der Waals surface area contributed by atoms with Gasteiger partial charge in [-0.05, 0) is 29.8 Å². The molecule has 7 heteroatoms. The second-order valence-electron chi connectivity index (χ2n) is 4.36. The Morgan fingerprint density at radius 1 is 1.05 bits per heavy atom. The van der Waals surface area contributed by atoms with Crippen LogP contribution in [-0.4, -0.2) is 14.3 Å². The molecule has 0 aromatic heterocycles. The molecule has 0 aliphatic heterocycles. The van der Waals surface area contributed by atoms with E-state index in [4.69, 9.17) is 28.6 Å². The molecular formula is C15H12Cl2N2O2S. The van der Waals surface area contributed by atoms with Gasteiger partial charge in [-0.25, -0.2) is 8.42 Å². The van der Waals surface area contributed by atoms with Crippen LogP contribution in [0.25, 0.3) is 6.08 Å². The third-order valence-corrected chi connectivity index (χ3v) is 4.41. The molecule has 2 aromatic rings. The highest BCUT2D eigenvalue weighted by Gasteiger charge is 2.11. The molecule has 0 unspecified atom stereocenters. The van der Waals surface area contributed by atoms with Gasteiger partial charge in [-0.3, -0.25) is 10.1 Å². The summed E-state index contributed by atoms with van der Waals surface area (Å²) in [5, 5.41) is 9.41. The zero-order valence-electron chi connectivity index (χ0n) is 11.3. The molecule has 114 valence electrons. The van der Waals surface area contributed by atoms with Gasteiger partial charge in [0.05, 0.1) is 15.5 Å². The van der Waals surface area contributed by atoms with Gasteiger partial charge in [0, 0.05) is 5.56 Å². The van der Waals surface area contributed by atoms with Crippen molar-refractivity contribution < 1.29 is 8.42 Å². The Bertz CT molecular complexity index is 819. The third-order valence-electron chi connectivity index (χ3n) is 2.69. The van der Waals surface area contributed by atoms with Gasteiger partial charge < -0.3 is 0 Å². The summed E-state index contributed by atoms with van der Waals surface area (Å²) >= 11 is 11.6. The van der Waals surface area contributed by atoms with E-state index in [-0.39, 0.29) is 10.9 Å². The topological polar surface area (TPSA) is 70.0 Å². The maximum Gasteiger partial charge on any atom is 0.256 e. The van der Waals surface area contributed by atoms with Crippen molar-refractivity contribution in [1.82, 2.24) is 4.72 Å². The average molecular weight is 355 g/mol. The number of benzene rings is 2. The number of halogens is 2. The zero-order valence-corrected chi connectivity index (χ0v) is 13.6. The Balaban J connectivity index is 2.12. The molecule has 0 radical (unpaired) electrons. The van der Waals surface area contributed by atoms with Crippen molar-refractivity contribution in [3.05, 3.63) is 75.1 Å². The van der Waals surface area contributed by atoms with E-state index in [2.05, 4.69) is 4.72 Å². The highest BCUT2D eigenvalue weighted by molar-refractivity contribution is 7.93. The molecule has 0 aliphatic carbocycles. The van der Waals surface area contributed by atoms with E-state index in [0.717, 1.165) is 11.0 Å². The monoisotopic (exact) mass is 354 g/mol. The first-order valence-electron chi connectivity index (χ1n) is 6.17. The molecule has 0 bridgehead atoms. The minimum atomic E-state index is -3.78. The number of amidine groups is 1. The largest absolute Gasteiger partial charge is 0.283 e. The van der Waals surface area contributed by atoms with Gasteiger partial charge in [0.1, 0.15) is 5.84 Å². The standard InChI is InChI=1S/C15H12Cl2N2O2S/c16-13-7-6-12(10-14(13)17)15(18)19-22(20,21)9-8-11-4-2-1-3-5-11/h1-10H,(H2,18,19)/b9-8+. The number of hydrogen-bond acceptors (Lipinski definition) is 3.